The van der Waals surface area contributed by atoms with Crippen molar-refractivity contribution in [3.05, 3.63) is 29.3 Å². The van der Waals surface area contributed by atoms with E-state index in [1.807, 2.05) is 45.9 Å². The molecule has 0 bridgehead atoms. The van der Waals surface area contributed by atoms with E-state index < -0.39 is 0 Å². The molecule has 112 valence electrons. The lowest BCUT2D eigenvalue weighted by Gasteiger charge is -2.26. The van der Waals surface area contributed by atoms with Crippen LogP contribution in [0.1, 0.15) is 38.3 Å². The van der Waals surface area contributed by atoms with E-state index in [0.717, 1.165) is 16.8 Å². The lowest BCUT2D eigenvalue weighted by atomic mass is 9.87. The SMILES string of the molecule is Cc1cccc(NC(=O)NCC(C)(C)CC(C)O)c1C. The van der Waals surface area contributed by atoms with E-state index in [9.17, 15) is 9.90 Å². The van der Waals surface area contributed by atoms with Crippen LogP contribution in [0.5, 0.6) is 0 Å². The Balaban J connectivity index is 2.54. The number of aryl methyl sites for hydroxylation is 1. The van der Waals surface area contributed by atoms with Crippen LogP contribution in [0.25, 0.3) is 0 Å². The molecule has 0 aliphatic carbocycles. The molecule has 0 aromatic heterocycles. The van der Waals surface area contributed by atoms with Crippen molar-refractivity contribution in [1.29, 1.82) is 0 Å². The van der Waals surface area contributed by atoms with Gasteiger partial charge >= 0.3 is 6.03 Å². The van der Waals surface area contributed by atoms with Gasteiger partial charge in [-0.05, 0) is 49.8 Å². The van der Waals surface area contributed by atoms with Gasteiger partial charge in [-0.25, -0.2) is 4.79 Å². The summed E-state index contributed by atoms with van der Waals surface area (Å²) in [5, 5.41) is 15.2. The third kappa shape index (κ3) is 5.21. The van der Waals surface area contributed by atoms with Crippen molar-refractivity contribution in [2.45, 2.75) is 47.1 Å². The zero-order valence-electron chi connectivity index (χ0n) is 13.1. The van der Waals surface area contributed by atoms with Crippen LogP contribution in [0, 0.1) is 19.3 Å². The number of anilines is 1. The first-order valence-electron chi connectivity index (χ1n) is 7.00. The molecule has 1 aromatic carbocycles. The first kappa shape index (κ1) is 16.5. The van der Waals surface area contributed by atoms with E-state index in [1.165, 1.54) is 0 Å². The average molecular weight is 278 g/mol. The molecule has 3 N–H and O–H groups in total. The number of benzene rings is 1. The van der Waals surface area contributed by atoms with Gasteiger partial charge in [-0.1, -0.05) is 26.0 Å². The average Bonchev–Trinajstić information content (AvgIpc) is 2.31. The summed E-state index contributed by atoms with van der Waals surface area (Å²) in [5.41, 5.74) is 2.92. The molecule has 0 heterocycles. The zero-order chi connectivity index (χ0) is 15.3. The van der Waals surface area contributed by atoms with Gasteiger partial charge < -0.3 is 15.7 Å². The standard InChI is InChI=1S/C16H26N2O2/c1-11-7-6-8-14(13(11)3)18-15(20)17-10-16(4,5)9-12(2)19/h6-8,12,19H,9-10H2,1-5H3,(H2,17,18,20). The van der Waals surface area contributed by atoms with Crippen LogP contribution in [0.2, 0.25) is 0 Å². The maximum Gasteiger partial charge on any atom is 0.319 e. The first-order valence-corrected chi connectivity index (χ1v) is 7.00. The molecule has 0 spiro atoms. The minimum absolute atomic E-state index is 0.132. The monoisotopic (exact) mass is 278 g/mol. The molecule has 0 aliphatic rings. The topological polar surface area (TPSA) is 61.4 Å². The molecule has 0 saturated heterocycles. The number of hydrogen-bond donors (Lipinski definition) is 3. The van der Waals surface area contributed by atoms with Crippen molar-refractivity contribution < 1.29 is 9.90 Å². The number of amides is 2. The summed E-state index contributed by atoms with van der Waals surface area (Å²) >= 11 is 0. The molecule has 2 amide bonds. The second kappa shape index (κ2) is 6.75. The van der Waals surface area contributed by atoms with Crippen LogP contribution in [-0.2, 0) is 0 Å². The van der Waals surface area contributed by atoms with Crippen molar-refractivity contribution in [3.63, 3.8) is 0 Å². The van der Waals surface area contributed by atoms with Gasteiger partial charge in [0.05, 0.1) is 6.10 Å². The smallest absolute Gasteiger partial charge is 0.319 e. The van der Waals surface area contributed by atoms with Crippen molar-refractivity contribution in [2.75, 3.05) is 11.9 Å². The molecular formula is C16H26N2O2. The van der Waals surface area contributed by atoms with Crippen molar-refractivity contribution in [3.8, 4) is 0 Å². The highest BCUT2D eigenvalue weighted by Crippen LogP contribution is 2.21. The molecule has 1 atom stereocenters. The Morgan fingerprint density at radius 2 is 2.00 bits per heavy atom. The number of carbonyl (C=O) groups excluding carboxylic acids is 1. The summed E-state index contributed by atoms with van der Waals surface area (Å²) in [6, 6.07) is 5.62. The minimum atomic E-state index is -0.367. The van der Waals surface area contributed by atoms with Crippen molar-refractivity contribution in [1.82, 2.24) is 5.32 Å². The molecule has 0 radical (unpaired) electrons. The fraction of sp³-hybridized carbons (Fsp3) is 0.562. The molecule has 20 heavy (non-hydrogen) atoms. The molecule has 4 heteroatoms. The molecule has 0 saturated carbocycles. The fourth-order valence-electron chi connectivity index (χ4n) is 2.24. The summed E-state index contributed by atoms with van der Waals surface area (Å²) in [7, 11) is 0. The number of hydrogen-bond acceptors (Lipinski definition) is 2. The van der Waals surface area contributed by atoms with E-state index in [4.69, 9.17) is 0 Å². The molecule has 0 fully saturated rings. The summed E-state index contributed by atoms with van der Waals surface area (Å²) in [5.74, 6) is 0. The lowest BCUT2D eigenvalue weighted by Crippen LogP contribution is -2.38. The third-order valence-corrected chi connectivity index (χ3v) is 3.43. The van der Waals surface area contributed by atoms with Gasteiger partial charge in [0.25, 0.3) is 0 Å². The quantitative estimate of drug-likeness (QED) is 0.774. The summed E-state index contributed by atoms with van der Waals surface area (Å²) < 4.78 is 0. The normalized spacial score (nSPS) is 12.9. The largest absolute Gasteiger partial charge is 0.393 e. The number of carbonyl (C=O) groups is 1. The summed E-state index contributed by atoms with van der Waals surface area (Å²) in [6.07, 6.45) is 0.283. The Morgan fingerprint density at radius 3 is 2.60 bits per heavy atom. The molecule has 1 rings (SSSR count). The van der Waals surface area contributed by atoms with Crippen molar-refractivity contribution in [2.24, 2.45) is 5.41 Å². The number of aliphatic hydroxyl groups is 1. The zero-order valence-corrected chi connectivity index (χ0v) is 13.1. The molecule has 1 aromatic rings. The highest BCUT2D eigenvalue weighted by Gasteiger charge is 2.21. The number of nitrogens with one attached hydrogen (secondary N) is 2. The summed E-state index contributed by atoms with van der Waals surface area (Å²) in [4.78, 5) is 11.9. The van der Waals surface area contributed by atoms with Crippen LogP contribution in [0.3, 0.4) is 0 Å². The number of urea groups is 1. The van der Waals surface area contributed by atoms with Gasteiger partial charge in [-0.2, -0.15) is 0 Å². The van der Waals surface area contributed by atoms with E-state index in [-0.39, 0.29) is 17.6 Å². The van der Waals surface area contributed by atoms with Gasteiger partial charge in [0.2, 0.25) is 0 Å². The highest BCUT2D eigenvalue weighted by molar-refractivity contribution is 5.90. The lowest BCUT2D eigenvalue weighted by molar-refractivity contribution is 0.129. The fourth-order valence-corrected chi connectivity index (χ4v) is 2.24. The maximum atomic E-state index is 11.9. The van der Waals surface area contributed by atoms with E-state index >= 15 is 0 Å². The van der Waals surface area contributed by atoms with Gasteiger partial charge in [0, 0.05) is 12.2 Å². The van der Waals surface area contributed by atoms with Crippen LogP contribution < -0.4 is 10.6 Å². The highest BCUT2D eigenvalue weighted by atomic mass is 16.3. The van der Waals surface area contributed by atoms with Crippen LogP contribution in [0.4, 0.5) is 10.5 Å². The summed E-state index contributed by atoms with van der Waals surface area (Å²) in [6.45, 7) is 10.3. The van der Waals surface area contributed by atoms with Gasteiger partial charge in [0.15, 0.2) is 0 Å². The third-order valence-electron chi connectivity index (χ3n) is 3.43. The van der Waals surface area contributed by atoms with E-state index in [0.29, 0.717) is 13.0 Å². The molecule has 0 aliphatic heterocycles. The van der Waals surface area contributed by atoms with Gasteiger partial charge in [0.1, 0.15) is 0 Å². The van der Waals surface area contributed by atoms with Crippen LogP contribution in [0.15, 0.2) is 18.2 Å². The van der Waals surface area contributed by atoms with Crippen LogP contribution >= 0.6 is 0 Å². The Kier molecular flexibility index (Phi) is 5.57. The van der Waals surface area contributed by atoms with Crippen LogP contribution in [-0.4, -0.2) is 23.8 Å². The minimum Gasteiger partial charge on any atom is -0.393 e. The Morgan fingerprint density at radius 1 is 1.35 bits per heavy atom. The van der Waals surface area contributed by atoms with Gasteiger partial charge in [-0.15, -0.1) is 0 Å². The van der Waals surface area contributed by atoms with E-state index in [1.54, 1.807) is 6.92 Å². The number of rotatable bonds is 5. The Hall–Kier alpha value is -1.55. The molecular weight excluding hydrogens is 252 g/mol. The molecule has 1 unspecified atom stereocenters. The van der Waals surface area contributed by atoms with E-state index in [2.05, 4.69) is 10.6 Å². The second-order valence-corrected chi connectivity index (χ2v) is 6.27. The second-order valence-electron chi connectivity index (χ2n) is 6.27. The first-order chi connectivity index (χ1) is 9.21. The predicted molar refractivity (Wildman–Crippen MR) is 83.0 cm³/mol. The Labute approximate surface area is 121 Å². The number of aliphatic hydroxyl groups excluding tert-OH is 1. The predicted octanol–water partition coefficient (Wildman–Crippen LogP) is 3.22. The Bertz CT molecular complexity index is 468. The van der Waals surface area contributed by atoms with Gasteiger partial charge in [-0.3, -0.25) is 0 Å². The maximum absolute atomic E-state index is 11.9. The molecule has 4 nitrogen and oxygen atoms in total. The van der Waals surface area contributed by atoms with Crippen molar-refractivity contribution >= 4 is 11.7 Å².